The summed E-state index contributed by atoms with van der Waals surface area (Å²) in [6.07, 6.45) is 0.391. The van der Waals surface area contributed by atoms with Gasteiger partial charge in [0, 0.05) is 22.7 Å². The van der Waals surface area contributed by atoms with Gasteiger partial charge in [-0.15, -0.1) is 0 Å². The number of nitrogens with zero attached hydrogens (tertiary/aromatic N) is 2. The summed E-state index contributed by atoms with van der Waals surface area (Å²) in [6.45, 7) is 5.40. The number of amides is 1. The van der Waals surface area contributed by atoms with Crippen molar-refractivity contribution in [2.75, 3.05) is 6.54 Å². The van der Waals surface area contributed by atoms with Crippen LogP contribution in [0.4, 0.5) is 9.18 Å². The van der Waals surface area contributed by atoms with E-state index in [4.69, 9.17) is 4.74 Å². The molecule has 0 spiro atoms. The van der Waals surface area contributed by atoms with E-state index in [1.807, 2.05) is 24.3 Å². The van der Waals surface area contributed by atoms with E-state index < -0.39 is 23.9 Å². The number of ether oxygens (including phenoxy) is 1. The number of hydrogen-bond acceptors (Lipinski definition) is 3. The van der Waals surface area contributed by atoms with Crippen LogP contribution in [-0.2, 0) is 4.74 Å². The highest BCUT2D eigenvalue weighted by atomic mass is 79.9. The van der Waals surface area contributed by atoms with Gasteiger partial charge in [-0.1, -0.05) is 28.1 Å². The van der Waals surface area contributed by atoms with Crippen molar-refractivity contribution in [3.63, 3.8) is 0 Å². The number of hydrogen-bond donors (Lipinski definition) is 1. The van der Waals surface area contributed by atoms with Crippen molar-refractivity contribution in [1.29, 1.82) is 0 Å². The van der Waals surface area contributed by atoms with E-state index >= 15 is 0 Å². The van der Waals surface area contributed by atoms with Crippen molar-refractivity contribution >= 4 is 22.0 Å². The Balaban J connectivity index is 1.82. The minimum absolute atomic E-state index is 0.0217. The fourth-order valence-electron chi connectivity index (χ4n) is 2.84. The maximum absolute atomic E-state index is 14.0. The summed E-state index contributed by atoms with van der Waals surface area (Å²) in [7, 11) is 0. The molecule has 1 amide bonds. The molecule has 7 heteroatoms. The van der Waals surface area contributed by atoms with Gasteiger partial charge in [-0.3, -0.25) is 4.90 Å². The van der Waals surface area contributed by atoms with E-state index in [0.29, 0.717) is 5.82 Å². The molecule has 0 aliphatic carbocycles. The predicted octanol–water partition coefficient (Wildman–Crippen LogP) is 4.86. The van der Waals surface area contributed by atoms with Gasteiger partial charge in [-0.2, -0.15) is 0 Å². The average Bonchev–Trinajstić information content (AvgIpc) is 3.12. The second-order valence-corrected chi connectivity index (χ2v) is 8.08. The van der Waals surface area contributed by atoms with Crippen LogP contribution in [0.3, 0.4) is 0 Å². The summed E-state index contributed by atoms with van der Waals surface area (Å²) in [5, 5.41) is 0. The quantitative estimate of drug-likeness (QED) is 0.770. The maximum Gasteiger partial charge on any atom is 0.411 e. The fraction of sp³-hybridized carbons (Fsp3) is 0.444. The van der Waals surface area contributed by atoms with E-state index in [0.717, 1.165) is 15.7 Å². The molecule has 134 valence electrons. The van der Waals surface area contributed by atoms with Crippen molar-refractivity contribution in [2.45, 2.75) is 45.0 Å². The molecule has 0 radical (unpaired) electrons. The lowest BCUT2D eigenvalue weighted by atomic mass is 10.2. The molecule has 5 nitrogen and oxygen atoms in total. The van der Waals surface area contributed by atoms with Gasteiger partial charge >= 0.3 is 6.09 Å². The lowest BCUT2D eigenvalue weighted by Gasteiger charge is -2.27. The number of benzene rings is 1. The Labute approximate surface area is 154 Å². The highest BCUT2D eigenvalue weighted by molar-refractivity contribution is 9.10. The molecule has 2 aromatic rings. The minimum Gasteiger partial charge on any atom is -0.444 e. The van der Waals surface area contributed by atoms with Crippen molar-refractivity contribution in [3.05, 3.63) is 40.8 Å². The molecule has 1 aromatic carbocycles. The Morgan fingerprint density at radius 1 is 1.36 bits per heavy atom. The Morgan fingerprint density at radius 3 is 2.68 bits per heavy atom. The molecule has 3 rings (SSSR count). The lowest BCUT2D eigenvalue weighted by Crippen LogP contribution is -2.37. The molecular weight excluding hydrogens is 389 g/mol. The summed E-state index contributed by atoms with van der Waals surface area (Å²) in [5.74, 6) is 0.573. The van der Waals surface area contributed by atoms with Crippen LogP contribution in [-0.4, -0.2) is 39.3 Å². The molecule has 0 unspecified atom stereocenters. The number of alkyl halides is 1. The number of aromatic nitrogens is 2. The van der Waals surface area contributed by atoms with Gasteiger partial charge in [0.1, 0.15) is 17.6 Å². The van der Waals surface area contributed by atoms with Crippen LogP contribution in [0.5, 0.6) is 0 Å². The van der Waals surface area contributed by atoms with Gasteiger partial charge in [0.2, 0.25) is 0 Å². The van der Waals surface area contributed by atoms with Crippen molar-refractivity contribution in [3.8, 4) is 11.3 Å². The Hall–Kier alpha value is -1.89. The zero-order chi connectivity index (χ0) is 18.2. The van der Waals surface area contributed by atoms with Gasteiger partial charge in [0.15, 0.2) is 0 Å². The predicted molar refractivity (Wildman–Crippen MR) is 96.9 cm³/mol. The van der Waals surface area contributed by atoms with E-state index in [9.17, 15) is 9.18 Å². The van der Waals surface area contributed by atoms with Gasteiger partial charge in [-0.25, -0.2) is 14.2 Å². The molecule has 1 saturated heterocycles. The first kappa shape index (κ1) is 17.9. The third kappa shape index (κ3) is 4.21. The summed E-state index contributed by atoms with van der Waals surface area (Å²) in [6, 6.07) is 7.31. The number of carbonyl (C=O) groups is 1. The number of nitrogens with one attached hydrogen (secondary N) is 1. The van der Waals surface area contributed by atoms with Crippen molar-refractivity contribution in [1.82, 2.24) is 14.9 Å². The monoisotopic (exact) mass is 409 g/mol. The highest BCUT2D eigenvalue weighted by Crippen LogP contribution is 2.34. The molecule has 1 N–H and O–H groups in total. The van der Waals surface area contributed by atoms with Crippen LogP contribution in [0.2, 0.25) is 0 Å². The third-order valence-electron chi connectivity index (χ3n) is 3.93. The molecule has 0 bridgehead atoms. The van der Waals surface area contributed by atoms with Crippen LogP contribution in [0.15, 0.2) is 34.9 Å². The normalized spacial score (nSPS) is 20.8. The van der Waals surface area contributed by atoms with Gasteiger partial charge in [-0.05, 0) is 32.9 Å². The highest BCUT2D eigenvalue weighted by Gasteiger charge is 2.40. The van der Waals surface area contributed by atoms with Crippen molar-refractivity contribution < 1.29 is 13.9 Å². The topological polar surface area (TPSA) is 58.2 Å². The van der Waals surface area contributed by atoms with E-state index in [1.165, 1.54) is 4.90 Å². The van der Waals surface area contributed by atoms with E-state index in [2.05, 4.69) is 25.9 Å². The van der Waals surface area contributed by atoms with Gasteiger partial charge < -0.3 is 9.72 Å². The van der Waals surface area contributed by atoms with Gasteiger partial charge in [0.05, 0.1) is 18.3 Å². The first-order valence-electron chi connectivity index (χ1n) is 8.18. The van der Waals surface area contributed by atoms with E-state index in [-0.39, 0.29) is 13.0 Å². The number of imidazole rings is 1. The first-order chi connectivity index (χ1) is 11.7. The number of aromatic amines is 1. The number of H-pyrrole nitrogens is 1. The largest absolute Gasteiger partial charge is 0.444 e. The maximum atomic E-state index is 14.0. The second kappa shape index (κ2) is 6.78. The Kier molecular flexibility index (Phi) is 4.86. The summed E-state index contributed by atoms with van der Waals surface area (Å²) < 4.78 is 20.4. The van der Waals surface area contributed by atoms with Crippen LogP contribution >= 0.6 is 15.9 Å². The molecule has 2 atom stereocenters. The first-order valence-corrected chi connectivity index (χ1v) is 8.97. The number of halogens is 2. The van der Waals surface area contributed by atoms with Crippen LogP contribution in [0, 0.1) is 0 Å². The molecule has 1 fully saturated rings. The zero-order valence-corrected chi connectivity index (χ0v) is 16.0. The SMILES string of the molecule is CC(C)(C)OC(=O)N1C[C@@H](F)C[C@H]1c1nc(-c2ccc(Br)cc2)c[nH]1. The molecule has 25 heavy (non-hydrogen) atoms. The van der Waals surface area contributed by atoms with Crippen LogP contribution in [0.1, 0.15) is 39.1 Å². The fourth-order valence-corrected chi connectivity index (χ4v) is 3.11. The van der Waals surface area contributed by atoms with Crippen LogP contribution < -0.4 is 0 Å². The zero-order valence-electron chi connectivity index (χ0n) is 14.4. The summed E-state index contributed by atoms with van der Waals surface area (Å²) >= 11 is 3.40. The summed E-state index contributed by atoms with van der Waals surface area (Å²) in [5.41, 5.74) is 1.08. The smallest absolute Gasteiger partial charge is 0.411 e. The minimum atomic E-state index is -1.08. The Morgan fingerprint density at radius 2 is 2.04 bits per heavy atom. The molecule has 1 aliphatic rings. The van der Waals surface area contributed by atoms with Crippen LogP contribution in [0.25, 0.3) is 11.3 Å². The molecule has 2 heterocycles. The van der Waals surface area contributed by atoms with Gasteiger partial charge in [0.25, 0.3) is 0 Å². The molecule has 1 aromatic heterocycles. The lowest BCUT2D eigenvalue weighted by molar-refractivity contribution is 0.0211. The number of rotatable bonds is 2. The molecule has 0 saturated carbocycles. The number of carbonyl (C=O) groups excluding carboxylic acids is 1. The third-order valence-corrected chi connectivity index (χ3v) is 4.46. The summed E-state index contributed by atoms with van der Waals surface area (Å²) in [4.78, 5) is 21.5. The van der Waals surface area contributed by atoms with Crippen molar-refractivity contribution in [2.24, 2.45) is 0 Å². The van der Waals surface area contributed by atoms with E-state index in [1.54, 1.807) is 27.0 Å². The second-order valence-electron chi connectivity index (χ2n) is 7.16. The Bertz CT molecular complexity index is 754. The average molecular weight is 410 g/mol. The molecular formula is C18H21BrFN3O2. The number of likely N-dealkylation sites (tertiary alicyclic amines) is 1. The molecule has 1 aliphatic heterocycles. The standard InChI is InChI=1S/C18H21BrFN3O2/c1-18(2,3)25-17(24)23-10-13(20)8-15(23)16-21-9-14(22-16)11-4-6-12(19)7-5-11/h4-7,9,13,15H,8,10H2,1-3H3,(H,21,22)/t13-,15-/m0/s1.